The summed E-state index contributed by atoms with van der Waals surface area (Å²) in [5, 5.41) is 18.9. The first-order chi connectivity index (χ1) is 25.0. The SMILES string of the molecule is CCCCCCCCC(O)CCCCCC.[CH2-]CCCCCN(CCCO)CCCCCCOC(=O)C(CCCCCC)CCCCCCCC.[W]. The number of esters is 1. The molecule has 0 aromatic carbocycles. The van der Waals surface area contributed by atoms with Gasteiger partial charge in [-0.1, -0.05) is 182 Å². The molecule has 2 N–H and O–H groups in total. The molecule has 0 rings (SSSR count). The van der Waals surface area contributed by atoms with Crippen molar-refractivity contribution in [2.45, 2.75) is 246 Å². The Bertz CT molecular complexity index is 652. The van der Waals surface area contributed by atoms with Crippen molar-refractivity contribution < 1.29 is 40.8 Å². The zero-order chi connectivity index (χ0) is 37.9. The van der Waals surface area contributed by atoms with Gasteiger partial charge in [0.25, 0.3) is 0 Å². The average molecular weight is 909 g/mol. The third kappa shape index (κ3) is 44.4. The quantitative estimate of drug-likeness (QED) is 0.0364. The van der Waals surface area contributed by atoms with Crippen molar-refractivity contribution in [1.29, 1.82) is 0 Å². The van der Waals surface area contributed by atoms with Gasteiger partial charge >= 0.3 is 5.97 Å². The van der Waals surface area contributed by atoms with Crippen LogP contribution in [0, 0.1) is 12.8 Å². The molecule has 0 saturated carbocycles. The minimum Gasteiger partial charge on any atom is -0.465 e. The van der Waals surface area contributed by atoms with E-state index < -0.39 is 0 Å². The zero-order valence-electron chi connectivity index (χ0n) is 35.8. The number of carbonyl (C=O) groups is 1. The molecule has 0 aromatic rings. The first-order valence-electron chi connectivity index (χ1n) is 23.0. The average Bonchev–Trinajstić information content (AvgIpc) is 3.14. The summed E-state index contributed by atoms with van der Waals surface area (Å²) in [5.74, 6) is 0.175. The van der Waals surface area contributed by atoms with Gasteiger partial charge in [-0.25, -0.2) is 0 Å². The third-order valence-corrected chi connectivity index (χ3v) is 10.4. The summed E-state index contributed by atoms with van der Waals surface area (Å²) in [4.78, 5) is 15.3. The molecule has 0 heterocycles. The van der Waals surface area contributed by atoms with Crippen LogP contribution in [0.1, 0.15) is 240 Å². The largest absolute Gasteiger partial charge is 0.465 e. The van der Waals surface area contributed by atoms with Gasteiger partial charge in [-0.2, -0.15) is 6.42 Å². The molecule has 0 aliphatic carbocycles. The minimum absolute atomic E-state index is 0. The van der Waals surface area contributed by atoms with Gasteiger partial charge in [0.2, 0.25) is 0 Å². The Morgan fingerprint density at radius 1 is 0.519 bits per heavy atom. The van der Waals surface area contributed by atoms with Crippen LogP contribution in [0.2, 0.25) is 0 Å². The summed E-state index contributed by atoms with van der Waals surface area (Å²) in [6, 6.07) is 0. The van der Waals surface area contributed by atoms with Gasteiger partial charge in [-0.15, -0.1) is 0 Å². The first kappa shape index (κ1) is 56.4. The van der Waals surface area contributed by atoms with E-state index in [2.05, 4.69) is 39.5 Å². The fourth-order valence-corrected chi connectivity index (χ4v) is 6.88. The molecule has 314 valence electrons. The van der Waals surface area contributed by atoms with Crippen molar-refractivity contribution >= 4 is 5.97 Å². The first-order valence-corrected chi connectivity index (χ1v) is 23.0. The van der Waals surface area contributed by atoms with E-state index in [1.807, 2.05) is 0 Å². The van der Waals surface area contributed by atoms with Gasteiger partial charge in [0.15, 0.2) is 0 Å². The van der Waals surface area contributed by atoms with E-state index in [1.165, 1.54) is 154 Å². The summed E-state index contributed by atoms with van der Waals surface area (Å²) < 4.78 is 5.73. The van der Waals surface area contributed by atoms with Crippen LogP contribution in [-0.4, -0.2) is 60.0 Å². The second-order valence-electron chi connectivity index (χ2n) is 15.6. The Balaban J connectivity index is -0.00000118. The molecule has 0 amide bonds. The molecule has 52 heavy (non-hydrogen) atoms. The summed E-state index contributed by atoms with van der Waals surface area (Å²) in [6.45, 7) is 17.0. The normalized spacial score (nSPS) is 12.3. The fourth-order valence-electron chi connectivity index (χ4n) is 6.88. The number of rotatable bonds is 40. The summed E-state index contributed by atoms with van der Waals surface area (Å²) in [5.41, 5.74) is 0. The number of aliphatic hydroxyl groups is 2. The smallest absolute Gasteiger partial charge is 0.308 e. The Morgan fingerprint density at radius 2 is 0.885 bits per heavy atom. The van der Waals surface area contributed by atoms with Crippen LogP contribution in [0.25, 0.3) is 0 Å². The number of unbranched alkanes of at least 4 members (excludes halogenated alkanes) is 22. The van der Waals surface area contributed by atoms with E-state index in [0.29, 0.717) is 6.61 Å². The van der Waals surface area contributed by atoms with Crippen molar-refractivity contribution in [1.82, 2.24) is 4.90 Å². The molecule has 0 spiro atoms. The number of hydrogen-bond donors (Lipinski definition) is 2. The van der Waals surface area contributed by atoms with Crippen molar-refractivity contribution in [2.75, 3.05) is 32.8 Å². The van der Waals surface area contributed by atoms with E-state index >= 15 is 0 Å². The maximum Gasteiger partial charge on any atom is 0.308 e. The van der Waals surface area contributed by atoms with Crippen LogP contribution in [0.5, 0.6) is 0 Å². The molecule has 0 aromatic heterocycles. The molecule has 6 heteroatoms. The number of nitrogens with zero attached hydrogens (tertiary/aromatic N) is 1. The number of ether oxygens (including phenoxy) is 1. The zero-order valence-corrected chi connectivity index (χ0v) is 38.7. The summed E-state index contributed by atoms with van der Waals surface area (Å²) in [7, 11) is 0. The maximum atomic E-state index is 12.7. The predicted molar refractivity (Wildman–Crippen MR) is 224 cm³/mol. The Labute approximate surface area is 341 Å². The monoisotopic (exact) mass is 909 g/mol. The Hall–Kier alpha value is 0.0383. The maximum absolute atomic E-state index is 12.7. The van der Waals surface area contributed by atoms with Crippen LogP contribution in [0.3, 0.4) is 0 Å². The van der Waals surface area contributed by atoms with Gasteiger partial charge in [0.05, 0.1) is 18.6 Å². The Kier molecular flexibility index (Phi) is 53.2. The van der Waals surface area contributed by atoms with Crippen LogP contribution in [0.15, 0.2) is 0 Å². The molecule has 0 aliphatic heterocycles. The topological polar surface area (TPSA) is 70.0 Å². The molecular formula is C46H94NO4W-. The van der Waals surface area contributed by atoms with Gasteiger partial charge < -0.3 is 26.8 Å². The minimum atomic E-state index is -0.0250. The molecule has 0 radical (unpaired) electrons. The summed E-state index contributed by atoms with van der Waals surface area (Å²) in [6.07, 6.45) is 39.8. The van der Waals surface area contributed by atoms with Gasteiger partial charge in [-0.3, -0.25) is 4.79 Å². The molecule has 2 atom stereocenters. The molecule has 0 aliphatic rings. The second kappa shape index (κ2) is 49.1. The molecule has 0 bridgehead atoms. The van der Waals surface area contributed by atoms with Crippen molar-refractivity contribution in [2.24, 2.45) is 5.92 Å². The fraction of sp³-hybridized carbons (Fsp3) is 0.957. The Morgan fingerprint density at radius 3 is 1.35 bits per heavy atom. The van der Waals surface area contributed by atoms with Gasteiger partial charge in [0, 0.05) is 34.2 Å². The molecule has 2 unspecified atom stereocenters. The molecule has 0 saturated heterocycles. The van der Waals surface area contributed by atoms with E-state index in [9.17, 15) is 9.90 Å². The number of carbonyl (C=O) groups excluding carboxylic acids is 1. The van der Waals surface area contributed by atoms with Gasteiger partial charge in [0.1, 0.15) is 0 Å². The molecular weight excluding hydrogens is 814 g/mol. The number of hydrogen-bond acceptors (Lipinski definition) is 5. The van der Waals surface area contributed by atoms with Gasteiger partial charge in [-0.05, 0) is 64.5 Å². The molecule has 5 nitrogen and oxygen atoms in total. The van der Waals surface area contributed by atoms with Crippen LogP contribution >= 0.6 is 0 Å². The number of aliphatic hydroxyl groups excluding tert-OH is 2. The van der Waals surface area contributed by atoms with E-state index in [4.69, 9.17) is 9.84 Å². The van der Waals surface area contributed by atoms with Crippen molar-refractivity contribution in [3.63, 3.8) is 0 Å². The second-order valence-corrected chi connectivity index (χ2v) is 15.6. The van der Waals surface area contributed by atoms with Crippen molar-refractivity contribution in [3.05, 3.63) is 6.92 Å². The van der Waals surface area contributed by atoms with E-state index in [-0.39, 0.29) is 45.7 Å². The predicted octanol–water partition coefficient (Wildman–Crippen LogP) is 13.6. The third-order valence-electron chi connectivity index (χ3n) is 10.4. The van der Waals surface area contributed by atoms with E-state index in [0.717, 1.165) is 77.4 Å². The molecule has 0 fully saturated rings. The van der Waals surface area contributed by atoms with E-state index in [1.54, 1.807) is 0 Å². The summed E-state index contributed by atoms with van der Waals surface area (Å²) >= 11 is 0. The van der Waals surface area contributed by atoms with Crippen LogP contribution in [-0.2, 0) is 30.6 Å². The van der Waals surface area contributed by atoms with Crippen LogP contribution < -0.4 is 0 Å². The van der Waals surface area contributed by atoms with Crippen molar-refractivity contribution in [3.8, 4) is 0 Å². The van der Waals surface area contributed by atoms with Crippen LogP contribution in [0.4, 0.5) is 0 Å². The standard InChI is InChI=1S/C31H62NO3.C15H32O.W/c1-4-7-10-13-14-18-24-30(23-17-11-8-5-2)31(34)35-29-21-16-15-20-26-32(27-22-28-33)25-19-12-9-6-3;1-3-5-7-9-10-12-14-15(16)13-11-8-6-4-2;/h30,33H,3-29H2,1-2H3;15-16H,3-14H2,1-2H3;/q-1;;.